The molecule has 132 valence electrons. The molecule has 1 saturated heterocycles. The molecule has 1 atom stereocenters. The minimum Gasteiger partial charge on any atom is -0.343 e. The zero-order chi connectivity index (χ0) is 17.8. The summed E-state index contributed by atoms with van der Waals surface area (Å²) < 4.78 is 0. The van der Waals surface area contributed by atoms with Crippen LogP contribution in [0.15, 0.2) is 29.5 Å². The molecular weight excluding hydrogens is 320 g/mol. The maximum Gasteiger partial charge on any atom is 0.272 e. The average molecular weight is 342 g/mol. The fourth-order valence-corrected chi connectivity index (χ4v) is 2.82. The van der Waals surface area contributed by atoms with Gasteiger partial charge >= 0.3 is 0 Å². The molecule has 2 N–H and O–H groups in total. The van der Waals surface area contributed by atoms with Crippen LogP contribution < -0.4 is 15.8 Å². The van der Waals surface area contributed by atoms with Crippen molar-refractivity contribution in [2.75, 3.05) is 18.0 Å². The first kappa shape index (κ1) is 17.1. The summed E-state index contributed by atoms with van der Waals surface area (Å²) in [5, 5.41) is 2.80. The Hall–Kier alpha value is -2.77. The molecule has 0 aromatic carbocycles. The molecule has 25 heavy (non-hydrogen) atoms. The molecule has 0 bridgehead atoms. The minimum atomic E-state index is -0.417. The molecule has 0 radical (unpaired) electrons. The van der Waals surface area contributed by atoms with E-state index in [0.717, 1.165) is 25.9 Å². The fourth-order valence-electron chi connectivity index (χ4n) is 2.82. The van der Waals surface area contributed by atoms with Crippen molar-refractivity contribution in [3.8, 4) is 0 Å². The predicted octanol–water partition coefficient (Wildman–Crippen LogP) is 1.29. The summed E-state index contributed by atoms with van der Waals surface area (Å²) in [4.78, 5) is 41.5. The molecule has 0 saturated carbocycles. The van der Waals surface area contributed by atoms with Gasteiger partial charge in [-0.3, -0.25) is 19.6 Å². The summed E-state index contributed by atoms with van der Waals surface area (Å²) >= 11 is 0. The van der Waals surface area contributed by atoms with Crippen molar-refractivity contribution in [2.24, 2.45) is 5.92 Å². The Labute approximate surface area is 145 Å². The largest absolute Gasteiger partial charge is 0.343 e. The van der Waals surface area contributed by atoms with Crippen LogP contribution in [0.25, 0.3) is 0 Å². The lowest BCUT2D eigenvalue weighted by molar-refractivity contribution is 0.0933. The number of piperidine rings is 1. The minimum absolute atomic E-state index is 0.223. The maximum atomic E-state index is 12.2. The van der Waals surface area contributed by atoms with Gasteiger partial charge in [-0.15, -0.1) is 0 Å². The van der Waals surface area contributed by atoms with Crippen molar-refractivity contribution in [3.63, 3.8) is 0 Å². The van der Waals surface area contributed by atoms with Crippen LogP contribution in [0, 0.1) is 5.92 Å². The number of carbonyl (C=O) groups is 1. The van der Waals surface area contributed by atoms with Gasteiger partial charge < -0.3 is 10.2 Å². The van der Waals surface area contributed by atoms with Crippen molar-refractivity contribution in [2.45, 2.75) is 32.7 Å². The van der Waals surface area contributed by atoms with Gasteiger partial charge in [0.1, 0.15) is 5.69 Å². The normalized spacial score (nSPS) is 16.5. The standard InChI is InChI=1S/C17H22N6O2/c1-11-3-7-23(8-4-11)17-21-13(9-15(24)22-17)12(2)20-16(25)14-10-18-5-6-19-14/h5-6,9-12H,3-4,7-8H2,1-2H3,(H,20,25)(H,21,22,24). The number of hydrogen-bond donors (Lipinski definition) is 2. The quantitative estimate of drug-likeness (QED) is 0.867. The van der Waals surface area contributed by atoms with Gasteiger partial charge in [-0.05, 0) is 25.7 Å². The van der Waals surface area contributed by atoms with Crippen molar-refractivity contribution in [1.29, 1.82) is 0 Å². The molecule has 0 spiro atoms. The zero-order valence-corrected chi connectivity index (χ0v) is 14.4. The van der Waals surface area contributed by atoms with Crippen LogP contribution in [-0.2, 0) is 0 Å². The van der Waals surface area contributed by atoms with E-state index in [0.29, 0.717) is 17.6 Å². The molecule has 2 aromatic rings. The number of anilines is 1. The van der Waals surface area contributed by atoms with Gasteiger partial charge in [-0.25, -0.2) is 9.97 Å². The van der Waals surface area contributed by atoms with E-state index in [1.54, 1.807) is 6.92 Å². The Morgan fingerprint density at radius 3 is 2.80 bits per heavy atom. The van der Waals surface area contributed by atoms with E-state index in [9.17, 15) is 9.59 Å². The first-order valence-electron chi connectivity index (χ1n) is 8.46. The van der Waals surface area contributed by atoms with Crippen molar-refractivity contribution < 1.29 is 4.79 Å². The molecule has 3 heterocycles. The number of rotatable bonds is 4. The van der Waals surface area contributed by atoms with Crippen LogP contribution in [-0.4, -0.2) is 38.9 Å². The highest BCUT2D eigenvalue weighted by Gasteiger charge is 2.20. The lowest BCUT2D eigenvalue weighted by atomic mass is 10.00. The first-order valence-corrected chi connectivity index (χ1v) is 8.46. The number of H-pyrrole nitrogens is 1. The van der Waals surface area contributed by atoms with Crippen LogP contribution in [0.5, 0.6) is 0 Å². The number of nitrogens with zero attached hydrogens (tertiary/aromatic N) is 4. The third-order valence-electron chi connectivity index (χ3n) is 4.42. The summed E-state index contributed by atoms with van der Waals surface area (Å²) in [7, 11) is 0. The first-order chi connectivity index (χ1) is 12.0. The number of amides is 1. The van der Waals surface area contributed by atoms with Gasteiger partial charge in [-0.1, -0.05) is 6.92 Å². The van der Waals surface area contributed by atoms with Crippen LogP contribution in [0.2, 0.25) is 0 Å². The molecule has 1 aliphatic heterocycles. The molecule has 8 nitrogen and oxygen atoms in total. The van der Waals surface area contributed by atoms with Gasteiger partial charge in [0, 0.05) is 31.5 Å². The lowest BCUT2D eigenvalue weighted by Crippen LogP contribution is -2.36. The number of carbonyl (C=O) groups excluding carboxylic acids is 1. The Kier molecular flexibility index (Phi) is 5.06. The Morgan fingerprint density at radius 1 is 1.36 bits per heavy atom. The van der Waals surface area contributed by atoms with Gasteiger partial charge in [-0.2, -0.15) is 0 Å². The molecular formula is C17H22N6O2. The van der Waals surface area contributed by atoms with E-state index >= 15 is 0 Å². The maximum absolute atomic E-state index is 12.2. The van der Waals surface area contributed by atoms with Crippen LogP contribution in [0.1, 0.15) is 48.9 Å². The van der Waals surface area contributed by atoms with Gasteiger partial charge in [0.15, 0.2) is 0 Å². The molecule has 8 heteroatoms. The Morgan fingerprint density at radius 2 is 2.12 bits per heavy atom. The highest BCUT2D eigenvalue weighted by Crippen LogP contribution is 2.20. The molecule has 1 fully saturated rings. The van der Waals surface area contributed by atoms with E-state index < -0.39 is 6.04 Å². The summed E-state index contributed by atoms with van der Waals surface area (Å²) in [6.07, 6.45) is 6.51. The molecule has 1 amide bonds. The second-order valence-corrected chi connectivity index (χ2v) is 6.45. The highest BCUT2D eigenvalue weighted by molar-refractivity contribution is 5.92. The molecule has 2 aromatic heterocycles. The van der Waals surface area contributed by atoms with E-state index in [-0.39, 0.29) is 17.2 Å². The van der Waals surface area contributed by atoms with Gasteiger partial charge in [0.25, 0.3) is 11.5 Å². The summed E-state index contributed by atoms with van der Waals surface area (Å²) in [6.45, 7) is 5.76. The number of hydrogen-bond acceptors (Lipinski definition) is 6. The number of aromatic amines is 1. The van der Waals surface area contributed by atoms with Gasteiger partial charge in [0.05, 0.1) is 17.9 Å². The molecule has 3 rings (SSSR count). The highest BCUT2D eigenvalue weighted by atomic mass is 16.2. The summed E-state index contributed by atoms with van der Waals surface area (Å²) in [5.41, 5.74) is 0.526. The van der Waals surface area contributed by atoms with Crippen molar-refractivity contribution in [3.05, 3.63) is 46.4 Å². The van der Waals surface area contributed by atoms with E-state index in [4.69, 9.17) is 0 Å². The average Bonchev–Trinajstić information content (AvgIpc) is 2.62. The Bertz CT molecular complexity index is 783. The second-order valence-electron chi connectivity index (χ2n) is 6.45. The monoisotopic (exact) mass is 342 g/mol. The van der Waals surface area contributed by atoms with E-state index in [2.05, 4.69) is 37.1 Å². The summed E-state index contributed by atoms with van der Waals surface area (Å²) in [6, 6.07) is 0.997. The predicted molar refractivity (Wildman–Crippen MR) is 93.4 cm³/mol. The smallest absolute Gasteiger partial charge is 0.272 e. The molecule has 1 unspecified atom stereocenters. The zero-order valence-electron chi connectivity index (χ0n) is 14.4. The SMILES string of the molecule is CC1CCN(c2nc(C(C)NC(=O)c3cnccn3)cc(=O)[nH]2)CC1. The van der Waals surface area contributed by atoms with E-state index in [1.807, 2.05) is 0 Å². The Balaban J connectivity index is 1.75. The molecule has 0 aliphatic carbocycles. The second kappa shape index (κ2) is 7.42. The van der Waals surface area contributed by atoms with Crippen LogP contribution >= 0.6 is 0 Å². The number of nitrogens with one attached hydrogen (secondary N) is 2. The number of aromatic nitrogens is 4. The topological polar surface area (TPSA) is 104 Å². The molecule has 1 aliphatic rings. The lowest BCUT2D eigenvalue weighted by Gasteiger charge is -2.31. The third kappa shape index (κ3) is 4.20. The van der Waals surface area contributed by atoms with Crippen LogP contribution in [0.4, 0.5) is 5.95 Å². The fraction of sp³-hybridized carbons (Fsp3) is 0.471. The van der Waals surface area contributed by atoms with Crippen LogP contribution in [0.3, 0.4) is 0 Å². The summed E-state index contributed by atoms with van der Waals surface area (Å²) in [5.74, 6) is 0.905. The van der Waals surface area contributed by atoms with Crippen molar-refractivity contribution >= 4 is 11.9 Å². The third-order valence-corrected chi connectivity index (χ3v) is 4.42. The van der Waals surface area contributed by atoms with Gasteiger partial charge in [0.2, 0.25) is 5.95 Å². The van der Waals surface area contributed by atoms with E-state index in [1.165, 1.54) is 24.7 Å². The van der Waals surface area contributed by atoms with Crippen molar-refractivity contribution in [1.82, 2.24) is 25.3 Å².